The van der Waals surface area contributed by atoms with E-state index in [9.17, 15) is 0 Å². The fraction of sp³-hybridized carbons (Fsp3) is 0.300. The predicted octanol–water partition coefficient (Wildman–Crippen LogP) is 3.99. The first kappa shape index (κ1) is 19.4. The van der Waals surface area contributed by atoms with Crippen molar-refractivity contribution in [2.75, 3.05) is 13.6 Å². The molecule has 0 amide bonds. The largest absolute Gasteiger partial charge is 0.402 e. The normalized spacial score (nSPS) is 20.8. The van der Waals surface area contributed by atoms with Crippen LogP contribution in [-0.4, -0.2) is 30.1 Å². The van der Waals surface area contributed by atoms with E-state index in [1.165, 1.54) is 5.57 Å². The molecule has 0 saturated heterocycles. The van der Waals surface area contributed by atoms with Crippen LogP contribution in [0.25, 0.3) is 0 Å². The van der Waals surface area contributed by atoms with E-state index in [0.29, 0.717) is 18.2 Å². The average molecular weight is 324 g/mol. The summed E-state index contributed by atoms with van der Waals surface area (Å²) in [7, 11) is 1.76. The van der Waals surface area contributed by atoms with E-state index in [0.717, 1.165) is 22.7 Å². The van der Waals surface area contributed by atoms with Gasteiger partial charge in [-0.25, -0.2) is 5.01 Å². The number of nitrogens with two attached hydrogens (primary N) is 1. The third kappa shape index (κ3) is 4.22. The van der Waals surface area contributed by atoms with E-state index in [1.54, 1.807) is 25.3 Å². The second-order valence-electron chi connectivity index (χ2n) is 5.75. The topological polar surface area (TPSA) is 54.0 Å². The fourth-order valence-electron chi connectivity index (χ4n) is 2.50. The molecule has 0 spiro atoms. The molecular weight excluding hydrogens is 296 g/mol. The van der Waals surface area contributed by atoms with Crippen LogP contribution in [0.3, 0.4) is 0 Å². The van der Waals surface area contributed by atoms with Crippen molar-refractivity contribution >= 4 is 11.5 Å². The summed E-state index contributed by atoms with van der Waals surface area (Å²) in [6.45, 7) is 18.2. The Labute approximate surface area is 145 Å². The quantitative estimate of drug-likeness (QED) is 0.720. The zero-order valence-corrected chi connectivity index (χ0v) is 15.2. The average Bonchev–Trinajstić information content (AvgIpc) is 2.90. The van der Waals surface area contributed by atoms with E-state index >= 15 is 0 Å². The molecule has 0 saturated carbocycles. The second kappa shape index (κ2) is 8.87. The standard InChI is InChI=1S/C20H28N4/c1-8-11-14(4)15(5)13-24-20(22-7)18(16(6)21)19(23-24)17(10-3)12-9-2/h8-12,15H,1-3,13,21H2,4-7H3/b14-11+,17-12+,18-16+,22-20+. The number of rotatable bonds is 7. The molecule has 2 N–H and O–H groups in total. The molecule has 0 radical (unpaired) electrons. The summed E-state index contributed by atoms with van der Waals surface area (Å²) in [5, 5.41) is 6.67. The Kier molecular flexibility index (Phi) is 7.18. The van der Waals surface area contributed by atoms with Gasteiger partial charge < -0.3 is 5.73 Å². The zero-order valence-electron chi connectivity index (χ0n) is 15.2. The Morgan fingerprint density at radius 2 is 1.88 bits per heavy atom. The van der Waals surface area contributed by atoms with Gasteiger partial charge in [-0.05, 0) is 19.8 Å². The first-order valence-corrected chi connectivity index (χ1v) is 7.95. The number of nitrogens with zero attached hydrogens (tertiary/aromatic N) is 3. The third-order valence-electron chi connectivity index (χ3n) is 3.93. The van der Waals surface area contributed by atoms with Crippen LogP contribution in [0.1, 0.15) is 20.8 Å². The Morgan fingerprint density at radius 1 is 1.25 bits per heavy atom. The van der Waals surface area contributed by atoms with Gasteiger partial charge in [0.05, 0.1) is 5.57 Å². The van der Waals surface area contributed by atoms with Crippen LogP contribution in [0.5, 0.6) is 0 Å². The van der Waals surface area contributed by atoms with Crippen LogP contribution < -0.4 is 5.73 Å². The molecule has 1 unspecified atom stereocenters. The van der Waals surface area contributed by atoms with Gasteiger partial charge in [0.25, 0.3) is 0 Å². The van der Waals surface area contributed by atoms with Gasteiger partial charge >= 0.3 is 0 Å². The molecule has 0 aromatic carbocycles. The van der Waals surface area contributed by atoms with Crippen molar-refractivity contribution in [2.24, 2.45) is 21.7 Å². The van der Waals surface area contributed by atoms with E-state index < -0.39 is 0 Å². The molecule has 128 valence electrons. The van der Waals surface area contributed by atoms with Crippen LogP contribution in [0.15, 0.2) is 82.6 Å². The summed E-state index contributed by atoms with van der Waals surface area (Å²) < 4.78 is 0. The van der Waals surface area contributed by atoms with Crippen LogP contribution in [0, 0.1) is 5.92 Å². The van der Waals surface area contributed by atoms with Gasteiger partial charge in [0.1, 0.15) is 5.71 Å². The molecule has 0 fully saturated rings. The molecule has 1 atom stereocenters. The monoisotopic (exact) mass is 324 g/mol. The van der Waals surface area contributed by atoms with Gasteiger partial charge in [-0.3, -0.25) is 4.99 Å². The first-order chi connectivity index (χ1) is 11.4. The number of amidine groups is 1. The molecule has 1 aliphatic rings. The third-order valence-corrected chi connectivity index (χ3v) is 3.93. The second-order valence-corrected chi connectivity index (χ2v) is 5.75. The van der Waals surface area contributed by atoms with Gasteiger partial charge in [0, 0.05) is 24.9 Å². The lowest BCUT2D eigenvalue weighted by Crippen LogP contribution is -2.29. The number of allylic oxidation sites excluding steroid dienone is 7. The molecule has 4 heteroatoms. The number of hydrogen-bond acceptors (Lipinski definition) is 3. The summed E-state index contributed by atoms with van der Waals surface area (Å²) >= 11 is 0. The maximum atomic E-state index is 6.12. The zero-order chi connectivity index (χ0) is 18.3. The van der Waals surface area contributed by atoms with Crippen LogP contribution in [0.4, 0.5) is 0 Å². The highest BCUT2D eigenvalue weighted by molar-refractivity contribution is 6.33. The highest BCUT2D eigenvalue weighted by Crippen LogP contribution is 2.25. The van der Waals surface area contributed by atoms with Gasteiger partial charge in [-0.2, -0.15) is 5.10 Å². The number of aliphatic imine (C=N–C) groups is 1. The summed E-state index contributed by atoms with van der Waals surface area (Å²) in [6, 6.07) is 0. The Hall–Kier alpha value is -2.62. The van der Waals surface area contributed by atoms with Crippen molar-refractivity contribution < 1.29 is 0 Å². The van der Waals surface area contributed by atoms with Crippen molar-refractivity contribution in [1.29, 1.82) is 0 Å². The van der Waals surface area contributed by atoms with Crippen molar-refractivity contribution in [3.63, 3.8) is 0 Å². The lowest BCUT2D eigenvalue weighted by molar-refractivity contribution is 0.401. The lowest BCUT2D eigenvalue weighted by Gasteiger charge is -2.20. The van der Waals surface area contributed by atoms with E-state index in [4.69, 9.17) is 10.8 Å². The van der Waals surface area contributed by atoms with Gasteiger partial charge in [0.15, 0.2) is 5.84 Å². The lowest BCUT2D eigenvalue weighted by atomic mass is 9.99. The van der Waals surface area contributed by atoms with Crippen LogP contribution in [-0.2, 0) is 0 Å². The van der Waals surface area contributed by atoms with Crippen molar-refractivity contribution in [1.82, 2.24) is 5.01 Å². The van der Waals surface area contributed by atoms with E-state index in [-0.39, 0.29) is 0 Å². The highest BCUT2D eigenvalue weighted by Gasteiger charge is 2.31. The molecular formula is C20H28N4. The van der Waals surface area contributed by atoms with Gasteiger partial charge in [-0.1, -0.05) is 62.6 Å². The highest BCUT2D eigenvalue weighted by atomic mass is 15.5. The van der Waals surface area contributed by atoms with E-state index in [1.807, 2.05) is 24.1 Å². The summed E-state index contributed by atoms with van der Waals surface area (Å²) in [5.74, 6) is 1.08. The predicted molar refractivity (Wildman–Crippen MR) is 106 cm³/mol. The minimum atomic E-state index is 0.303. The van der Waals surface area contributed by atoms with Crippen molar-refractivity contribution in [3.8, 4) is 0 Å². The van der Waals surface area contributed by atoms with Crippen molar-refractivity contribution in [3.05, 3.63) is 72.5 Å². The smallest absolute Gasteiger partial charge is 0.155 e. The maximum absolute atomic E-state index is 6.12. The summed E-state index contributed by atoms with van der Waals surface area (Å²) in [4.78, 5) is 4.42. The van der Waals surface area contributed by atoms with Crippen molar-refractivity contribution in [2.45, 2.75) is 20.8 Å². The molecule has 0 aromatic rings. The Balaban J connectivity index is 3.33. The van der Waals surface area contributed by atoms with Crippen LogP contribution in [0.2, 0.25) is 0 Å². The summed E-state index contributed by atoms with van der Waals surface area (Å²) in [6.07, 6.45) is 9.17. The molecule has 1 heterocycles. The molecule has 0 aliphatic carbocycles. The first-order valence-electron chi connectivity index (χ1n) is 7.95. The molecule has 0 bridgehead atoms. The number of hydrazone groups is 1. The maximum Gasteiger partial charge on any atom is 0.155 e. The minimum absolute atomic E-state index is 0.303. The molecule has 0 aromatic heterocycles. The fourth-order valence-corrected chi connectivity index (χ4v) is 2.50. The molecule has 4 nitrogen and oxygen atoms in total. The Morgan fingerprint density at radius 3 is 2.33 bits per heavy atom. The summed E-state index contributed by atoms with van der Waals surface area (Å²) in [5.41, 5.74) is 10.5. The molecule has 24 heavy (non-hydrogen) atoms. The van der Waals surface area contributed by atoms with E-state index in [2.05, 4.69) is 38.6 Å². The minimum Gasteiger partial charge on any atom is -0.402 e. The SMILES string of the molecule is C=C/C=C(\C=C)C1=NN(CC(C)/C(C)=C/C=C)C(=N/C)/C1=C(\C)N. The van der Waals surface area contributed by atoms with Gasteiger partial charge in [0.2, 0.25) is 0 Å². The Bertz CT molecular complexity index is 668. The van der Waals surface area contributed by atoms with Crippen LogP contribution >= 0.6 is 0 Å². The number of hydrogen-bond donors (Lipinski definition) is 1. The molecule has 1 rings (SSSR count). The van der Waals surface area contributed by atoms with Gasteiger partial charge in [-0.15, -0.1) is 0 Å². The molecule has 1 aliphatic heterocycles.